The van der Waals surface area contributed by atoms with Crippen LogP contribution >= 0.6 is 0 Å². The van der Waals surface area contributed by atoms with Crippen LogP contribution in [-0.4, -0.2) is 42.8 Å². The second kappa shape index (κ2) is 4.49. The Labute approximate surface area is 91.0 Å². The predicted molar refractivity (Wildman–Crippen MR) is 57.4 cm³/mol. The Kier molecular flexibility index (Phi) is 3.26. The van der Waals surface area contributed by atoms with Gasteiger partial charge in [-0.2, -0.15) is 0 Å². The zero-order valence-electron chi connectivity index (χ0n) is 9.53. The zero-order valence-corrected chi connectivity index (χ0v) is 9.53. The number of methoxy groups -OCH3 is 1. The molecule has 1 atom stereocenters. The Morgan fingerprint density at radius 2 is 2.27 bits per heavy atom. The molecule has 4 nitrogen and oxygen atoms in total. The van der Waals surface area contributed by atoms with E-state index < -0.39 is 0 Å². The van der Waals surface area contributed by atoms with E-state index >= 15 is 0 Å². The normalized spacial score (nSPS) is 35.7. The van der Waals surface area contributed by atoms with Crippen molar-refractivity contribution in [3.63, 3.8) is 0 Å². The summed E-state index contributed by atoms with van der Waals surface area (Å²) in [5, 5.41) is 3.27. The molecule has 86 valence electrons. The molecular formula is C11H20N2O2. The summed E-state index contributed by atoms with van der Waals surface area (Å²) in [6.07, 6.45) is 4.81. The number of hydrogen-bond donors (Lipinski definition) is 1. The van der Waals surface area contributed by atoms with Crippen LogP contribution in [0.3, 0.4) is 0 Å². The first-order chi connectivity index (χ1) is 7.26. The van der Waals surface area contributed by atoms with Gasteiger partial charge in [0, 0.05) is 13.2 Å². The minimum Gasteiger partial charge on any atom is -0.381 e. The van der Waals surface area contributed by atoms with Crippen molar-refractivity contribution in [1.82, 2.24) is 10.2 Å². The average molecular weight is 212 g/mol. The smallest absolute Gasteiger partial charge is 0.238 e. The van der Waals surface area contributed by atoms with Gasteiger partial charge in [-0.1, -0.05) is 13.3 Å². The molecule has 1 aliphatic heterocycles. The molecule has 2 fully saturated rings. The van der Waals surface area contributed by atoms with Gasteiger partial charge in [-0.3, -0.25) is 10.1 Å². The molecule has 2 aliphatic rings. The van der Waals surface area contributed by atoms with Gasteiger partial charge in [0.2, 0.25) is 5.91 Å². The molecule has 1 aliphatic carbocycles. The van der Waals surface area contributed by atoms with Crippen molar-refractivity contribution in [1.29, 1.82) is 0 Å². The summed E-state index contributed by atoms with van der Waals surface area (Å²) in [5.74, 6) is 0.257. The van der Waals surface area contributed by atoms with Crippen LogP contribution in [0.15, 0.2) is 0 Å². The number of nitrogens with zero attached hydrogens (tertiary/aromatic N) is 1. The highest BCUT2D eigenvalue weighted by Crippen LogP contribution is 2.31. The van der Waals surface area contributed by atoms with Crippen LogP contribution in [0.4, 0.5) is 0 Å². The van der Waals surface area contributed by atoms with Gasteiger partial charge >= 0.3 is 0 Å². The largest absolute Gasteiger partial charge is 0.381 e. The van der Waals surface area contributed by atoms with Gasteiger partial charge in [0.25, 0.3) is 0 Å². The molecule has 2 rings (SSSR count). The Balaban J connectivity index is 1.91. The molecule has 15 heavy (non-hydrogen) atoms. The van der Waals surface area contributed by atoms with Gasteiger partial charge in [0.05, 0.1) is 18.8 Å². The second-order valence-electron chi connectivity index (χ2n) is 4.47. The third kappa shape index (κ3) is 2.01. The Hall–Kier alpha value is -0.610. The number of carbonyl (C=O) groups is 1. The monoisotopic (exact) mass is 212 g/mol. The van der Waals surface area contributed by atoms with Crippen LogP contribution < -0.4 is 5.32 Å². The van der Waals surface area contributed by atoms with Gasteiger partial charge in [-0.05, 0) is 19.3 Å². The number of ether oxygens (including phenoxy) is 1. The molecule has 0 aromatic carbocycles. The van der Waals surface area contributed by atoms with Crippen LogP contribution in [0, 0.1) is 0 Å². The molecular weight excluding hydrogens is 192 g/mol. The number of hydrogen-bond acceptors (Lipinski definition) is 3. The van der Waals surface area contributed by atoms with Crippen molar-refractivity contribution in [2.45, 2.75) is 50.9 Å². The van der Waals surface area contributed by atoms with Gasteiger partial charge < -0.3 is 9.64 Å². The molecule has 0 aromatic heterocycles. The van der Waals surface area contributed by atoms with E-state index in [9.17, 15) is 4.79 Å². The Bertz CT molecular complexity index is 239. The summed E-state index contributed by atoms with van der Waals surface area (Å²) in [4.78, 5) is 13.8. The molecule has 1 unspecified atom stereocenters. The van der Waals surface area contributed by atoms with Crippen molar-refractivity contribution in [2.24, 2.45) is 0 Å². The molecule has 1 saturated carbocycles. The predicted octanol–water partition coefficient (Wildman–Crippen LogP) is 0.722. The van der Waals surface area contributed by atoms with Gasteiger partial charge in [-0.25, -0.2) is 0 Å². The van der Waals surface area contributed by atoms with E-state index in [-0.39, 0.29) is 12.1 Å². The van der Waals surface area contributed by atoms with Crippen molar-refractivity contribution >= 4 is 5.91 Å². The number of nitrogens with one attached hydrogen (secondary N) is 1. The Morgan fingerprint density at radius 1 is 1.53 bits per heavy atom. The maximum atomic E-state index is 11.7. The van der Waals surface area contributed by atoms with E-state index in [0.29, 0.717) is 18.7 Å². The van der Waals surface area contributed by atoms with Crippen LogP contribution in [-0.2, 0) is 9.53 Å². The van der Waals surface area contributed by atoms with Gasteiger partial charge in [0.15, 0.2) is 0 Å². The third-order valence-electron chi connectivity index (χ3n) is 3.47. The molecule has 1 N–H and O–H groups in total. The average Bonchev–Trinajstić information content (AvgIpc) is 2.49. The highest BCUT2D eigenvalue weighted by molar-refractivity contribution is 5.81. The summed E-state index contributed by atoms with van der Waals surface area (Å²) in [7, 11) is 1.74. The van der Waals surface area contributed by atoms with E-state index in [0.717, 1.165) is 25.7 Å². The molecule has 0 radical (unpaired) electrons. The van der Waals surface area contributed by atoms with Crippen molar-refractivity contribution < 1.29 is 9.53 Å². The lowest BCUT2D eigenvalue weighted by Gasteiger charge is -2.42. The Morgan fingerprint density at radius 3 is 2.87 bits per heavy atom. The fourth-order valence-electron chi connectivity index (χ4n) is 2.50. The van der Waals surface area contributed by atoms with Crippen molar-refractivity contribution in [2.75, 3.05) is 13.7 Å². The standard InChI is InChI=1S/C11H20N2O2/c1-3-4-10-12-7-11(14)13(10)8-5-9(6-8)15-2/h8-10,12H,3-7H2,1-2H3. The van der Waals surface area contributed by atoms with E-state index in [1.165, 1.54) is 0 Å². The van der Waals surface area contributed by atoms with E-state index in [1.807, 2.05) is 4.90 Å². The van der Waals surface area contributed by atoms with E-state index in [1.54, 1.807) is 7.11 Å². The molecule has 0 aromatic rings. The minimum atomic E-state index is 0.257. The summed E-state index contributed by atoms with van der Waals surface area (Å²) in [6, 6.07) is 0.411. The fraction of sp³-hybridized carbons (Fsp3) is 0.909. The lowest BCUT2D eigenvalue weighted by molar-refractivity contribution is -0.135. The first-order valence-electron chi connectivity index (χ1n) is 5.83. The third-order valence-corrected chi connectivity index (χ3v) is 3.47. The van der Waals surface area contributed by atoms with Gasteiger partial charge in [0.1, 0.15) is 0 Å². The lowest BCUT2D eigenvalue weighted by atomic mass is 9.87. The van der Waals surface area contributed by atoms with Gasteiger partial charge in [-0.15, -0.1) is 0 Å². The van der Waals surface area contributed by atoms with Crippen molar-refractivity contribution in [3.8, 4) is 0 Å². The number of rotatable bonds is 4. The second-order valence-corrected chi connectivity index (χ2v) is 4.47. The molecule has 0 spiro atoms. The zero-order chi connectivity index (χ0) is 10.8. The number of carbonyl (C=O) groups excluding carboxylic acids is 1. The molecule has 1 saturated heterocycles. The SMILES string of the molecule is CCCC1NCC(=O)N1C1CC(OC)C1. The topological polar surface area (TPSA) is 41.6 Å². The summed E-state index contributed by atoms with van der Waals surface area (Å²) in [6.45, 7) is 2.67. The number of amides is 1. The van der Waals surface area contributed by atoms with E-state index in [4.69, 9.17) is 4.74 Å². The molecule has 4 heteroatoms. The molecule has 0 bridgehead atoms. The highest BCUT2D eigenvalue weighted by Gasteiger charge is 2.41. The van der Waals surface area contributed by atoms with Crippen molar-refractivity contribution in [3.05, 3.63) is 0 Å². The maximum absolute atomic E-state index is 11.7. The first-order valence-corrected chi connectivity index (χ1v) is 5.83. The summed E-state index contributed by atoms with van der Waals surface area (Å²) in [5.41, 5.74) is 0. The van der Waals surface area contributed by atoms with Crippen LogP contribution in [0.5, 0.6) is 0 Å². The molecule has 1 heterocycles. The fourth-order valence-corrected chi connectivity index (χ4v) is 2.50. The highest BCUT2D eigenvalue weighted by atomic mass is 16.5. The molecule has 1 amide bonds. The first kappa shape index (κ1) is 10.9. The minimum absolute atomic E-state index is 0.257. The van der Waals surface area contributed by atoms with E-state index in [2.05, 4.69) is 12.2 Å². The van der Waals surface area contributed by atoms with Crippen LogP contribution in [0.25, 0.3) is 0 Å². The van der Waals surface area contributed by atoms with Crippen LogP contribution in [0.1, 0.15) is 32.6 Å². The quantitative estimate of drug-likeness (QED) is 0.746. The lowest BCUT2D eigenvalue weighted by Crippen LogP contribution is -2.52. The van der Waals surface area contributed by atoms with Crippen LogP contribution in [0.2, 0.25) is 0 Å². The summed E-state index contributed by atoms with van der Waals surface area (Å²) >= 11 is 0. The summed E-state index contributed by atoms with van der Waals surface area (Å²) < 4.78 is 5.25. The maximum Gasteiger partial charge on any atom is 0.238 e.